The predicted octanol–water partition coefficient (Wildman–Crippen LogP) is 4.53. The molecule has 308 valence electrons. The molecule has 14 nitrogen and oxygen atoms in total. The highest BCUT2D eigenvalue weighted by molar-refractivity contribution is 6.33. The third kappa shape index (κ3) is 8.08. The predicted molar refractivity (Wildman–Crippen MR) is 220 cm³/mol. The van der Waals surface area contributed by atoms with E-state index in [1.165, 1.54) is 6.07 Å². The highest BCUT2D eigenvalue weighted by atomic mass is 35.5. The molecular formula is C43H47ClFN9O5. The Hall–Kier alpha value is -5.59. The third-order valence-electron chi connectivity index (χ3n) is 12.5. The zero-order chi connectivity index (χ0) is 41.5. The summed E-state index contributed by atoms with van der Waals surface area (Å²) in [6.07, 6.45) is 4.18. The number of hydrogen-bond acceptors (Lipinski definition) is 10. The number of anilines is 3. The number of imide groups is 2. The molecule has 8 rings (SSSR count). The first-order chi connectivity index (χ1) is 28.4. The van der Waals surface area contributed by atoms with Crippen molar-refractivity contribution in [3.05, 3.63) is 87.6 Å². The van der Waals surface area contributed by atoms with E-state index in [1.807, 2.05) is 40.3 Å². The summed E-state index contributed by atoms with van der Waals surface area (Å²) < 4.78 is 15.4. The van der Waals surface area contributed by atoms with Gasteiger partial charge in [0.1, 0.15) is 17.7 Å². The van der Waals surface area contributed by atoms with Crippen LogP contribution in [0.1, 0.15) is 65.8 Å². The van der Waals surface area contributed by atoms with Crippen molar-refractivity contribution in [1.82, 2.24) is 25.0 Å². The average Bonchev–Trinajstić information content (AvgIpc) is 3.46. The molecule has 6 heterocycles. The zero-order valence-corrected chi connectivity index (χ0v) is 34.0. The molecule has 1 unspecified atom stereocenters. The van der Waals surface area contributed by atoms with Crippen molar-refractivity contribution >= 4 is 64.0 Å². The lowest BCUT2D eigenvalue weighted by molar-refractivity contribution is -0.136. The molecule has 59 heavy (non-hydrogen) atoms. The molecule has 5 aliphatic rings. The SMILES string of the molecule is [C-]#[N+]c1ccc(N2C[C@@H](C)N(C(=O)Cc3ccc(N4CCC(CN5CCN(c6cc7c(cc6F)C(=O)N(C6CCC(=O)NC6=O)C7=O)CC5)CC4)nc3)C[C@@H]2C)cc1Cl. The van der Waals surface area contributed by atoms with Crippen molar-refractivity contribution in [3.63, 3.8) is 0 Å². The molecule has 5 amide bonds. The number of benzene rings is 2. The van der Waals surface area contributed by atoms with Crippen LogP contribution in [0.5, 0.6) is 0 Å². The number of amides is 5. The summed E-state index contributed by atoms with van der Waals surface area (Å²) in [6.45, 7) is 18.0. The number of nitrogens with one attached hydrogen (secondary N) is 1. The number of fused-ring (bicyclic) bond motifs is 1. The Bertz CT molecular complexity index is 2220. The lowest BCUT2D eigenvalue weighted by Crippen LogP contribution is -2.58. The van der Waals surface area contributed by atoms with Gasteiger partial charge in [0.25, 0.3) is 11.8 Å². The molecule has 5 aliphatic heterocycles. The van der Waals surface area contributed by atoms with Gasteiger partial charge in [-0.05, 0) is 74.9 Å². The van der Waals surface area contributed by atoms with Gasteiger partial charge in [0.05, 0.1) is 29.8 Å². The van der Waals surface area contributed by atoms with Crippen LogP contribution in [0.25, 0.3) is 4.85 Å². The van der Waals surface area contributed by atoms with E-state index >= 15 is 4.39 Å². The van der Waals surface area contributed by atoms with E-state index in [0.29, 0.717) is 42.8 Å². The topological polar surface area (TPSA) is 134 Å². The largest absolute Gasteiger partial charge is 0.367 e. The lowest BCUT2D eigenvalue weighted by atomic mass is 9.95. The van der Waals surface area contributed by atoms with E-state index in [2.05, 4.69) is 38.7 Å². The summed E-state index contributed by atoms with van der Waals surface area (Å²) in [5.74, 6) is -1.62. The molecule has 0 saturated carbocycles. The number of aromatic nitrogens is 1. The van der Waals surface area contributed by atoms with Gasteiger partial charge >= 0.3 is 0 Å². The van der Waals surface area contributed by atoms with Crippen molar-refractivity contribution < 1.29 is 28.4 Å². The van der Waals surface area contributed by atoms with E-state index in [-0.39, 0.29) is 54.1 Å². The molecule has 1 aromatic heterocycles. The van der Waals surface area contributed by atoms with Crippen LogP contribution in [0.4, 0.5) is 27.3 Å². The summed E-state index contributed by atoms with van der Waals surface area (Å²) in [5, 5.41) is 2.61. The number of carbonyl (C=O) groups is 5. The monoisotopic (exact) mass is 823 g/mol. The van der Waals surface area contributed by atoms with E-state index < -0.39 is 35.5 Å². The number of halogens is 2. The highest BCUT2D eigenvalue weighted by Gasteiger charge is 2.45. The minimum absolute atomic E-state index is 0.00442. The maximum atomic E-state index is 15.4. The van der Waals surface area contributed by atoms with Gasteiger partial charge in [-0.1, -0.05) is 23.7 Å². The molecule has 3 atom stereocenters. The Morgan fingerprint density at radius 3 is 2.29 bits per heavy atom. The van der Waals surface area contributed by atoms with E-state index in [1.54, 1.807) is 6.07 Å². The van der Waals surface area contributed by atoms with Gasteiger partial charge in [-0.2, -0.15) is 0 Å². The van der Waals surface area contributed by atoms with Gasteiger partial charge in [0.2, 0.25) is 23.4 Å². The molecule has 16 heteroatoms. The smallest absolute Gasteiger partial charge is 0.262 e. The molecule has 0 aliphatic carbocycles. The van der Waals surface area contributed by atoms with Crippen molar-refractivity contribution in [2.24, 2.45) is 5.92 Å². The fourth-order valence-corrected chi connectivity index (χ4v) is 9.40. The standard InChI is InChI=1S/C43H47ClFN9O5/c1-26-24-53(27(2)23-52(26)30-5-6-35(46-3)33(44)19-30)40(56)18-29-4-8-38(47-22-29)51-12-10-28(11-13-51)25-49-14-16-50(17-15-49)37-21-32-31(20-34(37)45)42(58)54(43(32)59)36-7-9-39(55)48-41(36)57/h4-6,8,19-22,26-28,36H,7,9-18,23-25H2,1-2H3,(H,48,55,57)/t26-,27+,36?/m0/s1. The first-order valence-corrected chi connectivity index (χ1v) is 20.7. The van der Waals surface area contributed by atoms with Gasteiger partial charge < -0.3 is 19.6 Å². The van der Waals surface area contributed by atoms with Crippen LogP contribution in [0, 0.1) is 18.3 Å². The molecule has 0 spiro atoms. The van der Waals surface area contributed by atoms with E-state index in [0.717, 1.165) is 73.6 Å². The Kier molecular flexibility index (Phi) is 11.3. The van der Waals surface area contributed by atoms with Crippen LogP contribution in [0.15, 0.2) is 48.7 Å². The van der Waals surface area contributed by atoms with Gasteiger partial charge in [-0.25, -0.2) is 14.2 Å². The summed E-state index contributed by atoms with van der Waals surface area (Å²) in [6, 6.07) is 11.0. The lowest BCUT2D eigenvalue weighted by Gasteiger charge is -2.45. The molecule has 3 aromatic rings. The van der Waals surface area contributed by atoms with Crippen molar-refractivity contribution in [3.8, 4) is 0 Å². The van der Waals surface area contributed by atoms with Crippen molar-refractivity contribution in [2.75, 3.05) is 73.6 Å². The van der Waals surface area contributed by atoms with Gasteiger partial charge in [0, 0.05) is 94.3 Å². The minimum Gasteiger partial charge on any atom is -0.367 e. The summed E-state index contributed by atoms with van der Waals surface area (Å²) in [5.41, 5.74) is 2.54. The molecule has 0 bridgehead atoms. The third-order valence-corrected chi connectivity index (χ3v) is 12.8. The summed E-state index contributed by atoms with van der Waals surface area (Å²) in [4.78, 5) is 83.8. The first kappa shape index (κ1) is 40.2. The number of rotatable bonds is 8. The molecule has 2 aromatic carbocycles. The number of carbonyl (C=O) groups excluding carboxylic acids is 5. The number of nitrogens with zero attached hydrogens (tertiary/aromatic N) is 8. The van der Waals surface area contributed by atoms with Crippen LogP contribution in [0.3, 0.4) is 0 Å². The summed E-state index contributed by atoms with van der Waals surface area (Å²) in [7, 11) is 0. The van der Waals surface area contributed by atoms with Crippen LogP contribution in [-0.4, -0.2) is 126 Å². The Balaban J connectivity index is 0.788. The van der Waals surface area contributed by atoms with Crippen molar-refractivity contribution in [2.45, 2.75) is 64.1 Å². The Morgan fingerprint density at radius 2 is 1.63 bits per heavy atom. The zero-order valence-electron chi connectivity index (χ0n) is 33.2. The highest BCUT2D eigenvalue weighted by Crippen LogP contribution is 2.35. The number of piperazine rings is 2. The van der Waals surface area contributed by atoms with Crippen LogP contribution < -0.4 is 20.0 Å². The normalized spacial score (nSPS) is 23.1. The minimum atomic E-state index is -1.10. The molecule has 1 N–H and O–H groups in total. The number of hydrogen-bond donors (Lipinski definition) is 1. The average molecular weight is 824 g/mol. The number of pyridine rings is 1. The van der Waals surface area contributed by atoms with Crippen molar-refractivity contribution in [1.29, 1.82) is 0 Å². The van der Waals surface area contributed by atoms with Gasteiger partial charge in [0.15, 0.2) is 0 Å². The maximum Gasteiger partial charge on any atom is 0.262 e. The maximum absolute atomic E-state index is 15.4. The van der Waals surface area contributed by atoms with E-state index in [4.69, 9.17) is 23.2 Å². The molecule has 0 radical (unpaired) electrons. The van der Waals surface area contributed by atoms with Gasteiger partial charge in [-0.15, -0.1) is 0 Å². The summed E-state index contributed by atoms with van der Waals surface area (Å²) >= 11 is 6.32. The van der Waals surface area contributed by atoms with Gasteiger partial charge in [-0.3, -0.25) is 39.1 Å². The molecule has 4 saturated heterocycles. The fourth-order valence-electron chi connectivity index (χ4n) is 9.19. The second kappa shape index (κ2) is 16.6. The second-order valence-corrected chi connectivity index (χ2v) is 16.8. The van der Waals surface area contributed by atoms with E-state index in [9.17, 15) is 24.0 Å². The van der Waals surface area contributed by atoms with Crippen LogP contribution in [0.2, 0.25) is 5.02 Å². The quantitative estimate of drug-likeness (QED) is 0.255. The van der Waals surface area contributed by atoms with Crippen LogP contribution >= 0.6 is 11.6 Å². The molecule has 4 fully saturated rings. The second-order valence-electron chi connectivity index (χ2n) is 16.4. The number of piperidine rings is 2. The fraction of sp³-hybridized carbons (Fsp3) is 0.465. The van der Waals surface area contributed by atoms with Crippen LogP contribution in [-0.2, 0) is 20.8 Å². The Morgan fingerprint density at radius 1 is 0.898 bits per heavy atom. The molecular weight excluding hydrogens is 777 g/mol. The Labute approximate surface area is 347 Å². The first-order valence-electron chi connectivity index (χ1n) is 20.3.